The molecule has 2 rings (SSSR count). The van der Waals surface area contributed by atoms with E-state index in [-0.39, 0.29) is 5.82 Å². The number of halogens is 1. The minimum Gasteiger partial charge on any atom is -0.330 e. The van der Waals surface area contributed by atoms with E-state index in [1.807, 2.05) is 13.0 Å². The Morgan fingerprint density at radius 3 is 2.88 bits per heavy atom. The summed E-state index contributed by atoms with van der Waals surface area (Å²) in [4.78, 5) is 4.19. The maximum atomic E-state index is 14.0. The van der Waals surface area contributed by atoms with Gasteiger partial charge in [0.2, 0.25) is 0 Å². The zero-order valence-corrected chi connectivity index (χ0v) is 9.86. The van der Waals surface area contributed by atoms with Crippen LogP contribution >= 0.6 is 0 Å². The van der Waals surface area contributed by atoms with E-state index in [0.29, 0.717) is 18.7 Å². The summed E-state index contributed by atoms with van der Waals surface area (Å²) in [5.41, 5.74) is 6.92. The van der Waals surface area contributed by atoms with Gasteiger partial charge in [0.15, 0.2) is 0 Å². The highest BCUT2D eigenvalue weighted by molar-refractivity contribution is 5.37. The standard InChI is InChI=1S/C13H16FN3/c1-2-13-16-7-8-17(13)12-4-3-10(5-6-15)9-11(12)14/h3-4,7-9H,2,5-6,15H2,1H3. The van der Waals surface area contributed by atoms with Gasteiger partial charge in [-0.15, -0.1) is 0 Å². The quantitative estimate of drug-likeness (QED) is 0.878. The first-order valence-corrected chi connectivity index (χ1v) is 5.77. The first-order valence-electron chi connectivity index (χ1n) is 5.77. The number of aryl methyl sites for hydroxylation is 1. The Hall–Kier alpha value is -1.68. The lowest BCUT2D eigenvalue weighted by molar-refractivity contribution is 0.613. The molecule has 0 bridgehead atoms. The first kappa shape index (κ1) is 11.8. The van der Waals surface area contributed by atoms with Crippen LogP contribution in [-0.4, -0.2) is 16.1 Å². The van der Waals surface area contributed by atoms with Gasteiger partial charge in [-0.05, 0) is 30.7 Å². The number of nitrogens with two attached hydrogens (primary N) is 1. The zero-order chi connectivity index (χ0) is 12.3. The molecule has 90 valence electrons. The van der Waals surface area contributed by atoms with Crippen LogP contribution in [0.25, 0.3) is 5.69 Å². The van der Waals surface area contributed by atoms with E-state index in [4.69, 9.17) is 5.73 Å². The Kier molecular flexibility index (Phi) is 3.54. The summed E-state index contributed by atoms with van der Waals surface area (Å²) in [6.07, 6.45) is 4.94. The topological polar surface area (TPSA) is 43.8 Å². The lowest BCUT2D eigenvalue weighted by Gasteiger charge is -2.09. The van der Waals surface area contributed by atoms with Crippen molar-refractivity contribution in [2.24, 2.45) is 5.73 Å². The van der Waals surface area contributed by atoms with E-state index in [9.17, 15) is 4.39 Å². The fraction of sp³-hybridized carbons (Fsp3) is 0.308. The smallest absolute Gasteiger partial charge is 0.147 e. The molecule has 3 nitrogen and oxygen atoms in total. The van der Waals surface area contributed by atoms with Gasteiger partial charge in [-0.25, -0.2) is 9.37 Å². The van der Waals surface area contributed by atoms with E-state index in [1.165, 1.54) is 0 Å². The van der Waals surface area contributed by atoms with Crippen LogP contribution in [0.2, 0.25) is 0 Å². The minimum absolute atomic E-state index is 0.233. The first-order chi connectivity index (χ1) is 8.26. The van der Waals surface area contributed by atoms with Crippen molar-refractivity contribution in [2.45, 2.75) is 19.8 Å². The fourth-order valence-electron chi connectivity index (χ4n) is 1.88. The van der Waals surface area contributed by atoms with Crippen LogP contribution < -0.4 is 5.73 Å². The maximum Gasteiger partial charge on any atom is 0.147 e. The van der Waals surface area contributed by atoms with Crippen LogP contribution in [0, 0.1) is 5.82 Å². The lowest BCUT2D eigenvalue weighted by atomic mass is 10.1. The molecule has 0 spiro atoms. The summed E-state index contributed by atoms with van der Waals surface area (Å²) >= 11 is 0. The summed E-state index contributed by atoms with van der Waals surface area (Å²) in [6, 6.07) is 5.23. The molecule has 0 fully saturated rings. The number of imidazole rings is 1. The van der Waals surface area contributed by atoms with Crippen LogP contribution in [0.4, 0.5) is 4.39 Å². The van der Waals surface area contributed by atoms with E-state index in [2.05, 4.69) is 4.98 Å². The molecule has 0 unspecified atom stereocenters. The van der Waals surface area contributed by atoms with E-state index in [0.717, 1.165) is 17.8 Å². The third-order valence-corrected chi connectivity index (χ3v) is 2.74. The van der Waals surface area contributed by atoms with E-state index >= 15 is 0 Å². The van der Waals surface area contributed by atoms with Crippen molar-refractivity contribution in [3.63, 3.8) is 0 Å². The van der Waals surface area contributed by atoms with Crippen LogP contribution in [-0.2, 0) is 12.8 Å². The highest BCUT2D eigenvalue weighted by atomic mass is 19.1. The molecule has 0 aliphatic rings. The van der Waals surface area contributed by atoms with Gasteiger partial charge in [0.25, 0.3) is 0 Å². The Labute approximate surface area is 100 Å². The predicted molar refractivity (Wildman–Crippen MR) is 65.7 cm³/mol. The van der Waals surface area contributed by atoms with Crippen molar-refractivity contribution in [1.29, 1.82) is 0 Å². The van der Waals surface area contributed by atoms with Gasteiger partial charge in [0, 0.05) is 18.8 Å². The molecular weight excluding hydrogens is 217 g/mol. The number of aromatic nitrogens is 2. The normalized spacial score (nSPS) is 10.8. The summed E-state index contributed by atoms with van der Waals surface area (Å²) in [6.45, 7) is 2.53. The molecule has 1 heterocycles. The number of nitrogens with zero attached hydrogens (tertiary/aromatic N) is 2. The van der Waals surface area contributed by atoms with Crippen molar-refractivity contribution >= 4 is 0 Å². The monoisotopic (exact) mass is 233 g/mol. The second-order valence-electron chi connectivity index (χ2n) is 3.89. The zero-order valence-electron chi connectivity index (χ0n) is 9.86. The van der Waals surface area contributed by atoms with Crippen LogP contribution in [0.3, 0.4) is 0 Å². The van der Waals surface area contributed by atoms with Gasteiger partial charge in [-0.2, -0.15) is 0 Å². The second-order valence-corrected chi connectivity index (χ2v) is 3.89. The van der Waals surface area contributed by atoms with Gasteiger partial charge < -0.3 is 10.3 Å². The summed E-state index contributed by atoms with van der Waals surface area (Å²) in [5, 5.41) is 0. The molecule has 1 aromatic carbocycles. The number of hydrogen-bond donors (Lipinski definition) is 1. The molecule has 2 N–H and O–H groups in total. The SMILES string of the molecule is CCc1nccn1-c1ccc(CCN)cc1F. The number of benzene rings is 1. The van der Waals surface area contributed by atoms with E-state index < -0.39 is 0 Å². The molecule has 4 heteroatoms. The average molecular weight is 233 g/mol. The molecule has 0 saturated heterocycles. The molecule has 1 aromatic heterocycles. The molecule has 0 atom stereocenters. The van der Waals surface area contributed by atoms with Crippen molar-refractivity contribution in [1.82, 2.24) is 9.55 Å². The molecule has 0 radical (unpaired) electrons. The van der Waals surface area contributed by atoms with Crippen molar-refractivity contribution in [3.05, 3.63) is 47.8 Å². The third-order valence-electron chi connectivity index (χ3n) is 2.74. The summed E-state index contributed by atoms with van der Waals surface area (Å²) < 4.78 is 15.7. The molecule has 2 aromatic rings. The Morgan fingerprint density at radius 2 is 2.24 bits per heavy atom. The molecular formula is C13H16FN3. The van der Waals surface area contributed by atoms with Gasteiger partial charge in [0.1, 0.15) is 11.6 Å². The van der Waals surface area contributed by atoms with Gasteiger partial charge in [-0.1, -0.05) is 13.0 Å². The van der Waals surface area contributed by atoms with E-state index in [1.54, 1.807) is 29.1 Å². The Balaban J connectivity index is 2.39. The van der Waals surface area contributed by atoms with Crippen molar-refractivity contribution in [3.8, 4) is 5.69 Å². The second kappa shape index (κ2) is 5.10. The molecule has 17 heavy (non-hydrogen) atoms. The Bertz CT molecular complexity index is 505. The number of rotatable bonds is 4. The van der Waals surface area contributed by atoms with Gasteiger partial charge in [-0.3, -0.25) is 0 Å². The summed E-state index contributed by atoms with van der Waals surface area (Å²) in [5.74, 6) is 0.624. The maximum absolute atomic E-state index is 14.0. The largest absolute Gasteiger partial charge is 0.330 e. The van der Waals surface area contributed by atoms with Crippen LogP contribution in [0.1, 0.15) is 18.3 Å². The highest BCUT2D eigenvalue weighted by Crippen LogP contribution is 2.17. The lowest BCUT2D eigenvalue weighted by Crippen LogP contribution is -2.05. The van der Waals surface area contributed by atoms with Gasteiger partial charge >= 0.3 is 0 Å². The van der Waals surface area contributed by atoms with Crippen molar-refractivity contribution < 1.29 is 4.39 Å². The third kappa shape index (κ3) is 2.36. The number of hydrogen-bond acceptors (Lipinski definition) is 2. The molecule has 0 amide bonds. The average Bonchev–Trinajstić information content (AvgIpc) is 2.77. The van der Waals surface area contributed by atoms with Crippen LogP contribution in [0.5, 0.6) is 0 Å². The summed E-state index contributed by atoms with van der Waals surface area (Å²) in [7, 11) is 0. The van der Waals surface area contributed by atoms with Crippen LogP contribution in [0.15, 0.2) is 30.6 Å². The fourth-order valence-corrected chi connectivity index (χ4v) is 1.88. The Morgan fingerprint density at radius 1 is 1.41 bits per heavy atom. The minimum atomic E-state index is -0.233. The molecule has 0 aliphatic heterocycles. The molecule has 0 saturated carbocycles. The predicted octanol–water partition coefficient (Wildman–Crippen LogP) is 2.08. The van der Waals surface area contributed by atoms with Gasteiger partial charge in [0.05, 0.1) is 5.69 Å². The van der Waals surface area contributed by atoms with Crippen molar-refractivity contribution in [2.75, 3.05) is 6.54 Å². The molecule has 0 aliphatic carbocycles. The highest BCUT2D eigenvalue weighted by Gasteiger charge is 2.08.